The number of halogens is 4. The predicted molar refractivity (Wildman–Crippen MR) is 70.9 cm³/mol. The van der Waals surface area contributed by atoms with Crippen molar-refractivity contribution in [3.63, 3.8) is 0 Å². The Labute approximate surface area is 109 Å². The van der Waals surface area contributed by atoms with E-state index in [-0.39, 0.29) is 27.5 Å². The Morgan fingerprint density at radius 1 is 1.56 bits per heavy atom. The first-order valence-corrected chi connectivity index (χ1v) is 7.86. The van der Waals surface area contributed by atoms with Gasteiger partial charge in [0.1, 0.15) is 0 Å². The maximum absolute atomic E-state index is 12.5. The van der Waals surface area contributed by atoms with Gasteiger partial charge in [0.2, 0.25) is 0 Å². The second-order valence-electron chi connectivity index (χ2n) is 3.42. The van der Waals surface area contributed by atoms with E-state index in [0.29, 0.717) is 10.6 Å². The van der Waals surface area contributed by atoms with Gasteiger partial charge in [-0.2, -0.15) is 13.2 Å². The van der Waals surface area contributed by atoms with Crippen molar-refractivity contribution in [2.45, 2.75) is 25.9 Å². The number of thiol groups is 1. The van der Waals surface area contributed by atoms with Gasteiger partial charge >= 0.3 is 6.18 Å². The fourth-order valence-electron chi connectivity index (χ4n) is 1.18. The van der Waals surface area contributed by atoms with Crippen molar-refractivity contribution < 1.29 is 13.2 Å². The van der Waals surface area contributed by atoms with Crippen molar-refractivity contribution in [1.29, 1.82) is 0 Å². The Kier molecular flexibility index (Phi) is 5.49. The number of hydrogen-bond donors (Lipinski definition) is 1. The van der Waals surface area contributed by atoms with E-state index < -0.39 is 12.1 Å². The molecule has 0 saturated heterocycles. The third-order valence-electron chi connectivity index (χ3n) is 2.03. The Morgan fingerprint density at radius 2 is 2.25 bits per heavy atom. The van der Waals surface area contributed by atoms with E-state index in [9.17, 15) is 13.2 Å². The van der Waals surface area contributed by atoms with Gasteiger partial charge < -0.3 is 0 Å². The number of rotatable bonds is 3. The van der Waals surface area contributed by atoms with Crippen molar-refractivity contribution in [2.24, 2.45) is 9.06 Å². The van der Waals surface area contributed by atoms with Crippen LogP contribution in [0.3, 0.4) is 0 Å². The van der Waals surface area contributed by atoms with Crippen molar-refractivity contribution >= 4 is 33.7 Å². The SMILES string of the molecule is CCCI=NC1=CC(C(F)(F)F)CC=C1S. The van der Waals surface area contributed by atoms with E-state index in [1.807, 2.05) is 6.92 Å². The number of hydrogen-bond acceptors (Lipinski definition) is 2. The minimum Gasteiger partial charge on any atom is -0.226 e. The lowest BCUT2D eigenvalue weighted by molar-refractivity contribution is -0.160. The smallest absolute Gasteiger partial charge is 0.226 e. The summed E-state index contributed by atoms with van der Waals surface area (Å²) in [6.07, 6.45) is -0.450. The largest absolute Gasteiger partial charge is 0.395 e. The first kappa shape index (κ1) is 14.2. The van der Waals surface area contributed by atoms with Crippen molar-refractivity contribution in [3.8, 4) is 0 Å². The van der Waals surface area contributed by atoms with Crippen molar-refractivity contribution in [3.05, 3.63) is 22.8 Å². The molecule has 0 radical (unpaired) electrons. The summed E-state index contributed by atoms with van der Waals surface area (Å²) in [5, 5.41) is 0. The van der Waals surface area contributed by atoms with Gasteiger partial charge in [0.25, 0.3) is 0 Å². The molecule has 1 rings (SSSR count). The molecule has 0 fully saturated rings. The Bertz CT molecular complexity index is 333. The average molecular weight is 363 g/mol. The van der Waals surface area contributed by atoms with Gasteiger partial charge in [-0.05, 0) is 40.0 Å². The fraction of sp³-hybridized carbons (Fsp3) is 0.600. The second-order valence-corrected chi connectivity index (χ2v) is 6.14. The Morgan fingerprint density at radius 3 is 2.81 bits per heavy atom. The van der Waals surface area contributed by atoms with E-state index >= 15 is 0 Å². The topological polar surface area (TPSA) is 12.4 Å². The molecule has 0 aromatic heterocycles. The van der Waals surface area contributed by atoms with Crippen LogP contribution in [0.4, 0.5) is 13.2 Å². The zero-order valence-electron chi connectivity index (χ0n) is 8.76. The standard InChI is InChI=1S/C10H13F3INS/c1-2-5-14-15-8-6-7(10(11,12)13)3-4-9(8)16/h4,6-7,16H,2-3,5H2,1H3. The molecule has 0 heterocycles. The summed E-state index contributed by atoms with van der Waals surface area (Å²) < 4.78 is 42.7. The number of nitrogens with zero attached hydrogens (tertiary/aromatic N) is 1. The van der Waals surface area contributed by atoms with E-state index in [1.54, 1.807) is 0 Å². The maximum Gasteiger partial charge on any atom is 0.395 e. The third-order valence-corrected chi connectivity index (χ3v) is 4.87. The van der Waals surface area contributed by atoms with Gasteiger partial charge in [0.15, 0.2) is 0 Å². The van der Waals surface area contributed by atoms with Crippen LogP contribution in [0.1, 0.15) is 19.8 Å². The summed E-state index contributed by atoms with van der Waals surface area (Å²) in [5.74, 6) is -1.40. The highest BCUT2D eigenvalue weighted by Gasteiger charge is 2.38. The van der Waals surface area contributed by atoms with E-state index in [0.717, 1.165) is 10.8 Å². The molecule has 1 atom stereocenters. The van der Waals surface area contributed by atoms with Crippen LogP contribution in [0.2, 0.25) is 0 Å². The van der Waals surface area contributed by atoms with Crippen LogP contribution in [0.15, 0.2) is 25.9 Å². The molecule has 0 aromatic carbocycles. The van der Waals surface area contributed by atoms with Crippen molar-refractivity contribution in [1.82, 2.24) is 0 Å². The molecule has 1 aliphatic carbocycles. The summed E-state index contributed by atoms with van der Waals surface area (Å²) in [5.41, 5.74) is 0.429. The first-order chi connectivity index (χ1) is 7.45. The average Bonchev–Trinajstić information content (AvgIpc) is 2.19. The van der Waals surface area contributed by atoms with Gasteiger partial charge in [0, 0.05) is 9.33 Å². The minimum absolute atomic E-state index is 0.0204. The monoisotopic (exact) mass is 363 g/mol. The summed E-state index contributed by atoms with van der Waals surface area (Å²) in [7, 11) is 0. The number of allylic oxidation sites excluding steroid dienone is 2. The van der Waals surface area contributed by atoms with Gasteiger partial charge in [-0.15, -0.1) is 12.6 Å². The van der Waals surface area contributed by atoms with Gasteiger partial charge in [-0.25, -0.2) is 3.15 Å². The molecular formula is C10H13F3INS. The lowest BCUT2D eigenvalue weighted by Gasteiger charge is -2.19. The van der Waals surface area contributed by atoms with Crippen LogP contribution < -0.4 is 0 Å². The van der Waals surface area contributed by atoms with Crippen LogP contribution in [0.25, 0.3) is 0 Å². The highest BCUT2D eigenvalue weighted by Crippen LogP contribution is 2.37. The molecule has 1 nitrogen and oxygen atoms in total. The van der Waals surface area contributed by atoms with E-state index in [1.165, 1.54) is 12.2 Å². The lowest BCUT2D eigenvalue weighted by atomic mass is 9.99. The molecule has 92 valence electrons. The summed E-state index contributed by atoms with van der Waals surface area (Å²) in [6.45, 7) is 2.04. The summed E-state index contributed by atoms with van der Waals surface area (Å²) in [4.78, 5) is 0.580. The minimum atomic E-state index is -4.17. The van der Waals surface area contributed by atoms with E-state index in [4.69, 9.17) is 0 Å². The molecule has 0 spiro atoms. The first-order valence-electron chi connectivity index (χ1n) is 4.92. The lowest BCUT2D eigenvalue weighted by Crippen LogP contribution is -2.22. The van der Waals surface area contributed by atoms with Gasteiger partial charge in [-0.3, -0.25) is 0 Å². The van der Waals surface area contributed by atoms with Crippen LogP contribution >= 0.6 is 33.7 Å². The molecule has 0 aliphatic heterocycles. The van der Waals surface area contributed by atoms with Crippen LogP contribution in [0, 0.1) is 5.92 Å². The molecule has 0 N–H and O–H groups in total. The van der Waals surface area contributed by atoms with Crippen LogP contribution in [0.5, 0.6) is 0 Å². The Hall–Kier alpha value is 0.150. The predicted octanol–water partition coefficient (Wildman–Crippen LogP) is 4.83. The molecule has 0 aromatic rings. The molecule has 16 heavy (non-hydrogen) atoms. The van der Waals surface area contributed by atoms with Gasteiger partial charge in [0.05, 0.1) is 11.6 Å². The summed E-state index contributed by atoms with van der Waals surface area (Å²) >= 11 is 3.76. The van der Waals surface area contributed by atoms with Crippen LogP contribution in [-0.2, 0) is 0 Å². The van der Waals surface area contributed by atoms with E-state index in [2.05, 4.69) is 15.8 Å². The zero-order chi connectivity index (χ0) is 12.2. The molecule has 0 saturated carbocycles. The highest BCUT2D eigenvalue weighted by molar-refractivity contribution is 14.2. The molecule has 6 heteroatoms. The third kappa shape index (κ3) is 4.20. The fourth-order valence-corrected chi connectivity index (χ4v) is 3.11. The zero-order valence-corrected chi connectivity index (χ0v) is 11.8. The quantitative estimate of drug-likeness (QED) is 0.419. The number of alkyl halides is 4. The van der Waals surface area contributed by atoms with Crippen LogP contribution in [-0.4, -0.2) is 10.6 Å². The van der Waals surface area contributed by atoms with Crippen molar-refractivity contribution in [2.75, 3.05) is 4.43 Å². The second kappa shape index (κ2) is 6.18. The molecular weight excluding hydrogens is 350 g/mol. The molecule has 1 aliphatic rings. The highest BCUT2D eigenvalue weighted by atomic mass is 127. The molecule has 0 bridgehead atoms. The normalized spacial score (nSPS) is 22.7. The summed E-state index contributed by atoms with van der Waals surface area (Å²) in [6, 6.07) is 0. The Balaban J connectivity index is 2.79. The van der Waals surface area contributed by atoms with Gasteiger partial charge in [-0.1, -0.05) is 13.0 Å². The molecule has 0 amide bonds. The maximum atomic E-state index is 12.5. The molecule has 1 unspecified atom stereocenters.